The first kappa shape index (κ1) is 35.9. The predicted octanol–water partition coefficient (Wildman–Crippen LogP) is 6.08. The smallest absolute Gasteiger partial charge is 0.417 e. The fourth-order valence-corrected chi connectivity index (χ4v) is 5.79. The molecule has 0 atom stereocenters. The van der Waals surface area contributed by atoms with E-state index in [1.165, 1.54) is 13.4 Å². The van der Waals surface area contributed by atoms with E-state index in [4.69, 9.17) is 18.9 Å². The molecule has 0 spiro atoms. The van der Waals surface area contributed by atoms with Gasteiger partial charge in [-0.05, 0) is 63.6 Å². The molecule has 3 amide bonds. The molecule has 5 rings (SSSR count). The fraction of sp³-hybridized carbons (Fsp3) is 0.395. The van der Waals surface area contributed by atoms with E-state index in [-0.39, 0.29) is 37.3 Å². The molecule has 3 aromatic carbocycles. The zero-order valence-electron chi connectivity index (χ0n) is 28.9. The van der Waals surface area contributed by atoms with Crippen LogP contribution in [0.5, 0.6) is 11.5 Å². The summed E-state index contributed by atoms with van der Waals surface area (Å²) in [6.45, 7) is 5.59. The lowest BCUT2D eigenvalue weighted by molar-refractivity contribution is -0.136. The van der Waals surface area contributed by atoms with Gasteiger partial charge in [0.15, 0.2) is 11.5 Å². The highest BCUT2D eigenvalue weighted by Crippen LogP contribution is 2.35. The van der Waals surface area contributed by atoms with E-state index >= 15 is 0 Å². The molecule has 0 bridgehead atoms. The van der Waals surface area contributed by atoms with Crippen molar-refractivity contribution in [3.63, 3.8) is 0 Å². The molecule has 1 N–H and O–H groups in total. The van der Waals surface area contributed by atoms with Crippen LogP contribution in [0, 0.1) is 5.92 Å². The summed E-state index contributed by atoms with van der Waals surface area (Å²) < 4.78 is 24.3. The monoisotopic (exact) mass is 684 g/mol. The molecule has 1 fully saturated rings. The second-order valence-electron chi connectivity index (χ2n) is 13.2. The number of nitrogens with one attached hydrogen (secondary N) is 1. The maximum Gasteiger partial charge on any atom is 0.417 e. The SMILES string of the molecule is COc1cc2ncn(Cc3ccccc3)c(=O)c2cc1O[C@H]1CC[C@@H](C(=O)N(CCNC(=O)OCc2ccccc2)C(=O)OC(C)(C)C)CC1. The largest absolute Gasteiger partial charge is 0.493 e. The van der Waals surface area contributed by atoms with Crippen LogP contribution in [0.25, 0.3) is 10.9 Å². The Kier molecular flexibility index (Phi) is 11.7. The third-order valence-corrected chi connectivity index (χ3v) is 8.32. The van der Waals surface area contributed by atoms with Gasteiger partial charge in [0.1, 0.15) is 12.2 Å². The van der Waals surface area contributed by atoms with Gasteiger partial charge in [0.2, 0.25) is 5.91 Å². The number of imide groups is 1. The molecule has 50 heavy (non-hydrogen) atoms. The lowest BCUT2D eigenvalue weighted by Crippen LogP contribution is -2.47. The van der Waals surface area contributed by atoms with Crippen molar-refractivity contribution in [2.45, 2.75) is 71.3 Å². The molecule has 1 aliphatic rings. The van der Waals surface area contributed by atoms with Crippen LogP contribution in [0.4, 0.5) is 9.59 Å². The van der Waals surface area contributed by atoms with Crippen molar-refractivity contribution in [3.8, 4) is 11.5 Å². The van der Waals surface area contributed by atoms with Crippen LogP contribution in [0.3, 0.4) is 0 Å². The Morgan fingerprint density at radius 3 is 2.22 bits per heavy atom. The van der Waals surface area contributed by atoms with E-state index in [9.17, 15) is 19.2 Å². The Bertz CT molecular complexity index is 1830. The lowest BCUT2D eigenvalue weighted by atomic mass is 9.86. The quantitative estimate of drug-likeness (QED) is 0.199. The topological polar surface area (TPSA) is 138 Å². The van der Waals surface area contributed by atoms with Crippen molar-refractivity contribution in [2.24, 2.45) is 5.92 Å². The highest BCUT2D eigenvalue weighted by atomic mass is 16.6. The second kappa shape index (κ2) is 16.3. The third-order valence-electron chi connectivity index (χ3n) is 8.32. The van der Waals surface area contributed by atoms with Crippen LogP contribution in [0.1, 0.15) is 57.6 Å². The van der Waals surface area contributed by atoms with Gasteiger partial charge in [-0.3, -0.25) is 14.2 Å². The molecule has 12 nitrogen and oxygen atoms in total. The highest BCUT2D eigenvalue weighted by molar-refractivity contribution is 5.93. The highest BCUT2D eigenvalue weighted by Gasteiger charge is 2.35. The standard InChI is InChI=1S/C38H44N4O8/c1-38(2,3)50-37(46)42(20-19-39-36(45)48-24-27-13-9-6-10-14-27)34(43)28-15-17-29(18-16-28)49-33-21-30-31(22-32(33)47-4)40-25-41(35(30)44)23-26-11-7-5-8-12-26/h5-14,21-22,25,28-29H,15-20,23-24H2,1-4H3,(H,39,45)/t28-,29+. The predicted molar refractivity (Wildman–Crippen MR) is 187 cm³/mol. The van der Waals surface area contributed by atoms with Gasteiger partial charge in [-0.1, -0.05) is 60.7 Å². The number of ether oxygens (including phenoxy) is 4. The van der Waals surface area contributed by atoms with Gasteiger partial charge in [0.25, 0.3) is 5.56 Å². The van der Waals surface area contributed by atoms with Gasteiger partial charge >= 0.3 is 12.2 Å². The minimum Gasteiger partial charge on any atom is -0.493 e. The van der Waals surface area contributed by atoms with Crippen molar-refractivity contribution >= 4 is 29.0 Å². The number of nitrogens with zero attached hydrogens (tertiary/aromatic N) is 3. The van der Waals surface area contributed by atoms with Gasteiger partial charge in [0.05, 0.1) is 37.0 Å². The molecule has 1 heterocycles. The van der Waals surface area contributed by atoms with E-state index in [1.807, 2.05) is 60.7 Å². The van der Waals surface area contributed by atoms with E-state index in [0.29, 0.717) is 54.6 Å². The number of rotatable bonds is 11. The molecule has 0 aliphatic heterocycles. The first-order valence-corrected chi connectivity index (χ1v) is 16.8. The van der Waals surface area contributed by atoms with Crippen LogP contribution in [0.15, 0.2) is 83.9 Å². The Morgan fingerprint density at radius 1 is 0.920 bits per heavy atom. The number of fused-ring (bicyclic) bond motifs is 1. The maximum absolute atomic E-state index is 13.7. The summed E-state index contributed by atoms with van der Waals surface area (Å²) in [6.07, 6.45) is 1.87. The molecule has 4 aromatic rings. The maximum atomic E-state index is 13.7. The number of carbonyl (C=O) groups is 3. The molecule has 0 radical (unpaired) electrons. The average Bonchev–Trinajstić information content (AvgIpc) is 3.10. The summed E-state index contributed by atoms with van der Waals surface area (Å²) in [5.41, 5.74) is 1.31. The normalized spacial score (nSPS) is 15.9. The summed E-state index contributed by atoms with van der Waals surface area (Å²) in [5, 5.41) is 3.02. The molecular formula is C38H44N4O8. The van der Waals surface area contributed by atoms with E-state index in [1.54, 1.807) is 37.5 Å². The van der Waals surface area contributed by atoms with Crippen LogP contribution in [-0.2, 0) is 27.4 Å². The molecular weight excluding hydrogens is 640 g/mol. The first-order chi connectivity index (χ1) is 24.0. The Balaban J connectivity index is 1.21. The number of alkyl carbamates (subject to hydrolysis) is 1. The van der Waals surface area contributed by atoms with Crippen LogP contribution in [-0.4, -0.2) is 64.4 Å². The Labute approximate surface area is 291 Å². The van der Waals surface area contributed by atoms with Gasteiger partial charge in [-0.25, -0.2) is 19.5 Å². The van der Waals surface area contributed by atoms with Gasteiger partial charge in [-0.2, -0.15) is 0 Å². The van der Waals surface area contributed by atoms with E-state index in [0.717, 1.165) is 16.0 Å². The van der Waals surface area contributed by atoms with Crippen LogP contribution < -0.4 is 20.3 Å². The van der Waals surface area contributed by atoms with Crippen molar-refractivity contribution in [1.29, 1.82) is 0 Å². The Hall–Kier alpha value is -5.39. The van der Waals surface area contributed by atoms with Crippen molar-refractivity contribution in [2.75, 3.05) is 20.2 Å². The summed E-state index contributed by atoms with van der Waals surface area (Å²) in [6, 6.07) is 22.3. The summed E-state index contributed by atoms with van der Waals surface area (Å²) in [7, 11) is 1.53. The number of benzene rings is 3. The van der Waals surface area contributed by atoms with Crippen LogP contribution >= 0.6 is 0 Å². The van der Waals surface area contributed by atoms with Gasteiger partial charge in [0, 0.05) is 25.1 Å². The van der Waals surface area contributed by atoms with E-state index in [2.05, 4.69) is 10.3 Å². The first-order valence-electron chi connectivity index (χ1n) is 16.8. The second-order valence-corrected chi connectivity index (χ2v) is 13.2. The molecule has 12 heteroatoms. The zero-order valence-corrected chi connectivity index (χ0v) is 28.9. The third kappa shape index (κ3) is 9.61. The number of hydrogen-bond acceptors (Lipinski definition) is 9. The lowest BCUT2D eigenvalue weighted by Gasteiger charge is -2.32. The van der Waals surface area contributed by atoms with Crippen molar-refractivity contribution in [3.05, 3.63) is 101 Å². The molecule has 1 aliphatic carbocycles. The van der Waals surface area contributed by atoms with Crippen molar-refractivity contribution < 1.29 is 33.3 Å². The number of hydrogen-bond donors (Lipinski definition) is 1. The van der Waals surface area contributed by atoms with E-state index < -0.39 is 23.7 Å². The van der Waals surface area contributed by atoms with Gasteiger partial charge in [-0.15, -0.1) is 0 Å². The number of aromatic nitrogens is 2. The minimum absolute atomic E-state index is 0.000723. The molecule has 0 unspecified atom stereocenters. The summed E-state index contributed by atoms with van der Waals surface area (Å²) in [4.78, 5) is 58.1. The van der Waals surface area contributed by atoms with Crippen molar-refractivity contribution in [1.82, 2.24) is 19.8 Å². The summed E-state index contributed by atoms with van der Waals surface area (Å²) >= 11 is 0. The molecule has 1 aromatic heterocycles. The fourth-order valence-electron chi connectivity index (χ4n) is 5.79. The number of amides is 3. The van der Waals surface area contributed by atoms with Crippen LogP contribution in [0.2, 0.25) is 0 Å². The van der Waals surface area contributed by atoms with Gasteiger partial charge < -0.3 is 24.3 Å². The molecule has 264 valence electrons. The molecule has 1 saturated carbocycles. The number of carbonyl (C=O) groups excluding carboxylic acids is 3. The summed E-state index contributed by atoms with van der Waals surface area (Å²) in [5.74, 6) is 0.0619. The zero-order chi connectivity index (χ0) is 35.7. The minimum atomic E-state index is -0.817. The average molecular weight is 685 g/mol. The number of methoxy groups -OCH3 is 1. The Morgan fingerprint density at radius 2 is 1.58 bits per heavy atom. The molecule has 0 saturated heterocycles.